The highest BCUT2D eigenvalue weighted by Gasteiger charge is 2.27. The molecule has 1 aromatic rings. The monoisotopic (exact) mass is 181 g/mol. The van der Waals surface area contributed by atoms with Gasteiger partial charge in [0.05, 0.1) is 5.88 Å². The molecular weight excluding hydrogens is 174 g/mol. The topological polar surface area (TPSA) is 21.7 Å². The van der Waals surface area contributed by atoms with Gasteiger partial charge in [-0.3, -0.25) is 0 Å². The molecule has 1 aromatic carbocycles. The standard InChI is InChI=1S/C8H7NO2S/c1-2-6-8-7(3-1)12-4-9(8)11-5-10-6/h1-3H,4-5H2. The minimum absolute atomic E-state index is 0.330. The van der Waals surface area contributed by atoms with Crippen LogP contribution in [0.2, 0.25) is 0 Å². The first-order valence-electron chi connectivity index (χ1n) is 3.74. The van der Waals surface area contributed by atoms with Crippen molar-refractivity contribution in [3.05, 3.63) is 18.2 Å². The van der Waals surface area contributed by atoms with Crippen LogP contribution in [0.25, 0.3) is 0 Å². The van der Waals surface area contributed by atoms with E-state index in [-0.39, 0.29) is 0 Å². The first kappa shape index (κ1) is 6.62. The molecule has 0 spiro atoms. The molecule has 0 amide bonds. The maximum absolute atomic E-state index is 5.34. The van der Waals surface area contributed by atoms with Crippen molar-refractivity contribution < 1.29 is 9.57 Å². The Morgan fingerprint density at radius 1 is 1.42 bits per heavy atom. The lowest BCUT2D eigenvalue weighted by atomic mass is 10.3. The molecule has 0 fully saturated rings. The summed E-state index contributed by atoms with van der Waals surface area (Å²) >= 11 is 1.78. The smallest absolute Gasteiger partial charge is 0.213 e. The maximum atomic E-state index is 5.34. The van der Waals surface area contributed by atoms with E-state index in [1.807, 2.05) is 17.2 Å². The zero-order valence-electron chi connectivity index (χ0n) is 6.32. The van der Waals surface area contributed by atoms with Gasteiger partial charge in [0.1, 0.15) is 11.4 Å². The van der Waals surface area contributed by atoms with E-state index < -0.39 is 0 Å². The van der Waals surface area contributed by atoms with Crippen LogP contribution in [-0.4, -0.2) is 12.7 Å². The number of hydroxylamine groups is 1. The maximum Gasteiger partial charge on any atom is 0.213 e. The lowest BCUT2D eigenvalue weighted by molar-refractivity contribution is -0.0121. The zero-order valence-corrected chi connectivity index (χ0v) is 7.13. The Labute approximate surface area is 74.2 Å². The van der Waals surface area contributed by atoms with E-state index in [0.717, 1.165) is 17.3 Å². The first-order chi connectivity index (χ1) is 5.95. The SMILES string of the molecule is c1cc2c3c(c1)SCN3OCO2. The fraction of sp³-hybridized carbons (Fsp3) is 0.250. The van der Waals surface area contributed by atoms with Gasteiger partial charge in [0.2, 0.25) is 6.79 Å². The minimum Gasteiger partial charge on any atom is -0.463 e. The number of benzene rings is 1. The van der Waals surface area contributed by atoms with Crippen molar-refractivity contribution in [2.45, 2.75) is 4.90 Å². The molecule has 0 atom stereocenters. The normalized spacial score (nSPS) is 18.8. The third kappa shape index (κ3) is 0.763. The summed E-state index contributed by atoms with van der Waals surface area (Å²) in [5.74, 6) is 1.80. The van der Waals surface area contributed by atoms with Gasteiger partial charge >= 0.3 is 0 Å². The van der Waals surface area contributed by atoms with Gasteiger partial charge in [0, 0.05) is 4.90 Å². The second-order valence-corrected chi connectivity index (χ2v) is 3.63. The third-order valence-corrected chi connectivity index (χ3v) is 2.98. The van der Waals surface area contributed by atoms with Crippen LogP contribution in [0, 0.1) is 0 Å². The second kappa shape index (κ2) is 2.31. The highest BCUT2D eigenvalue weighted by atomic mass is 32.2. The van der Waals surface area contributed by atoms with Crippen LogP contribution < -0.4 is 9.80 Å². The lowest BCUT2D eigenvalue weighted by Gasteiger charge is -2.25. The molecule has 2 heterocycles. The molecule has 3 nitrogen and oxygen atoms in total. The number of hydrogen-bond donors (Lipinski definition) is 0. The van der Waals surface area contributed by atoms with E-state index in [1.54, 1.807) is 11.8 Å². The van der Waals surface area contributed by atoms with Crippen LogP contribution in [0.3, 0.4) is 0 Å². The van der Waals surface area contributed by atoms with Gasteiger partial charge in [-0.15, -0.1) is 0 Å². The summed E-state index contributed by atoms with van der Waals surface area (Å²) in [6, 6.07) is 6.07. The van der Waals surface area contributed by atoms with Crippen LogP contribution in [0.15, 0.2) is 23.1 Å². The van der Waals surface area contributed by atoms with Crippen molar-refractivity contribution in [2.24, 2.45) is 0 Å². The van der Waals surface area contributed by atoms with Gasteiger partial charge in [-0.1, -0.05) is 17.8 Å². The molecule has 2 aliphatic heterocycles. The summed E-state index contributed by atoms with van der Waals surface area (Å²) in [4.78, 5) is 6.54. The molecule has 0 radical (unpaired) electrons. The van der Waals surface area contributed by atoms with Crippen LogP contribution >= 0.6 is 11.8 Å². The molecule has 4 heteroatoms. The number of para-hydroxylation sites is 1. The molecule has 0 aromatic heterocycles. The molecule has 2 aliphatic rings. The quantitative estimate of drug-likeness (QED) is 0.608. The highest BCUT2D eigenvalue weighted by molar-refractivity contribution is 7.99. The van der Waals surface area contributed by atoms with E-state index >= 15 is 0 Å². The third-order valence-electron chi connectivity index (χ3n) is 1.97. The van der Waals surface area contributed by atoms with Crippen molar-refractivity contribution in [1.82, 2.24) is 0 Å². The predicted molar refractivity (Wildman–Crippen MR) is 46.2 cm³/mol. The van der Waals surface area contributed by atoms with E-state index in [4.69, 9.17) is 9.57 Å². The molecule has 0 bridgehead atoms. The van der Waals surface area contributed by atoms with Crippen molar-refractivity contribution in [2.75, 3.05) is 17.7 Å². The molecule has 62 valence electrons. The molecule has 0 N–H and O–H groups in total. The van der Waals surface area contributed by atoms with E-state index in [1.165, 1.54) is 4.90 Å². The van der Waals surface area contributed by atoms with E-state index in [0.29, 0.717) is 6.79 Å². The van der Waals surface area contributed by atoms with Gasteiger partial charge < -0.3 is 4.74 Å². The van der Waals surface area contributed by atoms with Crippen LogP contribution in [-0.2, 0) is 4.84 Å². The van der Waals surface area contributed by atoms with E-state index in [9.17, 15) is 0 Å². The average molecular weight is 181 g/mol. The number of hydrogen-bond acceptors (Lipinski definition) is 4. The predicted octanol–water partition coefficient (Wildman–Crippen LogP) is 1.84. The van der Waals surface area contributed by atoms with Crippen LogP contribution in [0.4, 0.5) is 5.69 Å². The molecule has 0 aliphatic carbocycles. The Balaban J connectivity index is 2.23. The number of anilines is 1. The zero-order chi connectivity index (χ0) is 7.97. The number of ether oxygens (including phenoxy) is 1. The number of thioether (sulfide) groups is 1. The molecule has 3 rings (SSSR count). The van der Waals surface area contributed by atoms with Gasteiger partial charge in [-0.2, -0.15) is 0 Å². The minimum atomic E-state index is 0.330. The lowest BCUT2D eigenvalue weighted by Crippen LogP contribution is -2.27. The second-order valence-electron chi connectivity index (χ2n) is 2.65. The summed E-state index contributed by atoms with van der Waals surface area (Å²) < 4.78 is 5.34. The molecule has 0 unspecified atom stereocenters. The highest BCUT2D eigenvalue weighted by Crippen LogP contribution is 2.46. The Hall–Kier alpha value is -0.870. The van der Waals surface area contributed by atoms with Gasteiger partial charge in [0.25, 0.3) is 0 Å². The molecular formula is C8H7NO2S. The first-order valence-corrected chi connectivity index (χ1v) is 4.73. The van der Waals surface area contributed by atoms with Crippen molar-refractivity contribution in [3.63, 3.8) is 0 Å². The molecule has 0 saturated carbocycles. The van der Waals surface area contributed by atoms with Gasteiger partial charge in [-0.05, 0) is 12.1 Å². The van der Waals surface area contributed by atoms with Crippen molar-refractivity contribution in [3.8, 4) is 5.75 Å². The van der Waals surface area contributed by atoms with E-state index in [2.05, 4.69) is 6.07 Å². The summed E-state index contributed by atoms with van der Waals surface area (Å²) in [5, 5.41) is 1.89. The van der Waals surface area contributed by atoms with Crippen molar-refractivity contribution in [1.29, 1.82) is 0 Å². The summed E-state index contributed by atoms with van der Waals surface area (Å²) in [6.45, 7) is 0.330. The fourth-order valence-electron chi connectivity index (χ4n) is 1.43. The number of rotatable bonds is 0. The van der Waals surface area contributed by atoms with Gasteiger partial charge in [-0.25, -0.2) is 9.90 Å². The van der Waals surface area contributed by atoms with Crippen LogP contribution in [0.1, 0.15) is 0 Å². The average Bonchev–Trinajstić information content (AvgIpc) is 2.52. The number of nitrogens with zero attached hydrogens (tertiary/aromatic N) is 1. The largest absolute Gasteiger partial charge is 0.463 e. The Morgan fingerprint density at radius 3 is 3.42 bits per heavy atom. The Bertz CT molecular complexity index is 329. The summed E-state index contributed by atoms with van der Waals surface area (Å²) in [6.07, 6.45) is 0. The Kier molecular flexibility index (Phi) is 1.27. The fourth-order valence-corrected chi connectivity index (χ4v) is 2.40. The summed E-state index contributed by atoms with van der Waals surface area (Å²) in [7, 11) is 0. The van der Waals surface area contributed by atoms with Crippen LogP contribution in [0.5, 0.6) is 5.75 Å². The molecule has 12 heavy (non-hydrogen) atoms. The molecule has 0 saturated heterocycles. The Morgan fingerprint density at radius 2 is 2.42 bits per heavy atom. The van der Waals surface area contributed by atoms with Crippen molar-refractivity contribution >= 4 is 17.4 Å². The van der Waals surface area contributed by atoms with Gasteiger partial charge in [0.15, 0.2) is 0 Å². The summed E-state index contributed by atoms with van der Waals surface area (Å²) in [5.41, 5.74) is 1.09.